The number of fused-ring (bicyclic) bond motifs is 1. The van der Waals surface area contributed by atoms with Crippen LogP contribution in [0, 0.1) is 0 Å². The van der Waals surface area contributed by atoms with Crippen molar-refractivity contribution in [1.29, 1.82) is 0 Å². The second-order valence-corrected chi connectivity index (χ2v) is 12.0. The molecule has 9 nitrogen and oxygen atoms in total. The smallest absolute Gasteiger partial charge is 0.283 e. The Kier molecular flexibility index (Phi) is 6.36. The van der Waals surface area contributed by atoms with Crippen molar-refractivity contribution < 1.29 is 13.2 Å². The van der Waals surface area contributed by atoms with Crippen LogP contribution in [0.2, 0.25) is 0 Å². The fraction of sp³-hybridized carbons (Fsp3) is 0.385. The third-order valence-corrected chi connectivity index (χ3v) is 8.50. The molecule has 3 heterocycles. The second-order valence-electron chi connectivity index (χ2n) is 10.2. The molecule has 2 N–H and O–H groups in total. The van der Waals surface area contributed by atoms with Crippen molar-refractivity contribution in [3.8, 4) is 0 Å². The van der Waals surface area contributed by atoms with E-state index in [1.54, 1.807) is 30.3 Å². The van der Waals surface area contributed by atoms with Crippen LogP contribution in [0.3, 0.4) is 0 Å². The fourth-order valence-corrected chi connectivity index (χ4v) is 6.11. The van der Waals surface area contributed by atoms with Crippen molar-refractivity contribution in [3.63, 3.8) is 0 Å². The van der Waals surface area contributed by atoms with Gasteiger partial charge in [0, 0.05) is 61.6 Å². The predicted octanol–water partition coefficient (Wildman–Crippen LogP) is 2.90. The average molecular weight is 509 g/mol. The van der Waals surface area contributed by atoms with E-state index in [1.165, 1.54) is 12.1 Å². The Hall–Kier alpha value is -3.21. The Morgan fingerprint density at radius 1 is 0.944 bits per heavy atom. The highest BCUT2D eigenvalue weighted by Crippen LogP contribution is 2.28. The Morgan fingerprint density at radius 3 is 2.25 bits per heavy atom. The number of piperazine rings is 1. The Labute approximate surface area is 212 Å². The van der Waals surface area contributed by atoms with Crippen molar-refractivity contribution in [1.82, 2.24) is 19.4 Å². The average Bonchev–Trinajstić information content (AvgIpc) is 3.48. The highest BCUT2D eigenvalue weighted by Gasteiger charge is 2.30. The molecule has 2 aliphatic rings. The van der Waals surface area contributed by atoms with E-state index in [2.05, 4.69) is 46.3 Å². The van der Waals surface area contributed by atoms with E-state index in [4.69, 9.17) is 0 Å². The fourth-order valence-electron chi connectivity index (χ4n) is 4.76. The molecule has 0 aliphatic carbocycles. The van der Waals surface area contributed by atoms with Gasteiger partial charge in [0.2, 0.25) is 0 Å². The molecule has 0 spiro atoms. The molecule has 3 aromatic rings. The van der Waals surface area contributed by atoms with Gasteiger partial charge in [-0.3, -0.25) is 9.69 Å². The first-order valence-electron chi connectivity index (χ1n) is 12.2. The topological polar surface area (TPSA) is 99.6 Å². The van der Waals surface area contributed by atoms with E-state index >= 15 is 0 Å². The number of rotatable bonds is 5. The molecular weight excluding hydrogens is 476 g/mol. The molecule has 2 aliphatic heterocycles. The van der Waals surface area contributed by atoms with Crippen LogP contribution in [0.15, 0.2) is 59.5 Å². The highest BCUT2D eigenvalue weighted by atomic mass is 32.2. The maximum Gasteiger partial charge on any atom is 0.283 e. The Morgan fingerprint density at radius 2 is 1.61 bits per heavy atom. The van der Waals surface area contributed by atoms with Gasteiger partial charge in [0.25, 0.3) is 15.9 Å². The van der Waals surface area contributed by atoms with E-state index in [9.17, 15) is 13.2 Å². The molecule has 0 unspecified atom stereocenters. The van der Waals surface area contributed by atoms with E-state index in [0.717, 1.165) is 36.0 Å². The van der Waals surface area contributed by atoms with Crippen molar-refractivity contribution in [3.05, 3.63) is 71.4 Å². The van der Waals surface area contributed by atoms with Gasteiger partial charge in [0.05, 0.1) is 10.6 Å². The summed E-state index contributed by atoms with van der Waals surface area (Å²) in [4.78, 5) is 18.0. The molecule has 1 fully saturated rings. The molecule has 190 valence electrons. The predicted molar refractivity (Wildman–Crippen MR) is 140 cm³/mol. The summed E-state index contributed by atoms with van der Waals surface area (Å²) in [5.41, 5.74) is 2.97. The first-order valence-corrected chi connectivity index (χ1v) is 13.6. The third-order valence-electron chi connectivity index (χ3n) is 6.87. The van der Waals surface area contributed by atoms with Crippen LogP contribution < -0.4 is 15.5 Å². The van der Waals surface area contributed by atoms with Gasteiger partial charge in [-0.15, -0.1) is 5.10 Å². The zero-order chi connectivity index (χ0) is 25.5. The lowest BCUT2D eigenvalue weighted by Gasteiger charge is -2.43. The second kappa shape index (κ2) is 9.34. The lowest BCUT2D eigenvalue weighted by atomic mass is 10.0. The number of hydrogen-bond acceptors (Lipinski definition) is 7. The van der Waals surface area contributed by atoms with Crippen molar-refractivity contribution in [2.75, 3.05) is 36.4 Å². The summed E-state index contributed by atoms with van der Waals surface area (Å²) in [5, 5.41) is 10.3. The number of nitrogens with one attached hydrogen (secondary N) is 2. The number of nitrogens with zero attached hydrogens (tertiary/aromatic N) is 4. The van der Waals surface area contributed by atoms with E-state index in [-0.39, 0.29) is 22.2 Å². The number of amides is 1. The van der Waals surface area contributed by atoms with Gasteiger partial charge in [0.15, 0.2) is 5.82 Å². The zero-order valence-corrected chi connectivity index (χ0v) is 21.7. The lowest BCUT2D eigenvalue weighted by Crippen LogP contribution is -2.53. The van der Waals surface area contributed by atoms with Crippen LogP contribution in [0.5, 0.6) is 0 Å². The maximum absolute atomic E-state index is 13.2. The SMILES string of the molecule is CC(C)(C)N1CCN(c2ccc(C(=O)Nc3nn(S(=O)(=O)c4ccccc4)c4c3CNC4)cc2)CC1. The van der Waals surface area contributed by atoms with Crippen LogP contribution in [-0.4, -0.2) is 60.1 Å². The normalized spacial score (nSPS) is 16.7. The number of anilines is 2. The Balaban J connectivity index is 1.31. The van der Waals surface area contributed by atoms with E-state index < -0.39 is 10.0 Å². The number of carbonyl (C=O) groups excluding carboxylic acids is 1. The minimum Gasteiger partial charge on any atom is -0.369 e. The standard InChI is InChI=1S/C26H32N6O3S/c1-26(2,3)31-15-13-30(14-16-31)20-11-9-19(10-12-20)25(33)28-24-22-17-27-18-23(22)32(29-24)36(34,35)21-7-5-4-6-8-21/h4-12,27H,13-18H2,1-3H3,(H,28,29,33). The van der Waals surface area contributed by atoms with Crippen molar-refractivity contribution in [2.24, 2.45) is 0 Å². The minimum absolute atomic E-state index is 0.152. The van der Waals surface area contributed by atoms with Crippen LogP contribution >= 0.6 is 0 Å². The molecule has 10 heteroatoms. The summed E-state index contributed by atoms with van der Waals surface area (Å²) >= 11 is 0. The molecule has 1 aromatic heterocycles. The number of hydrogen-bond donors (Lipinski definition) is 2. The highest BCUT2D eigenvalue weighted by molar-refractivity contribution is 7.89. The van der Waals surface area contributed by atoms with Gasteiger partial charge in [-0.1, -0.05) is 18.2 Å². The molecule has 0 radical (unpaired) electrons. The summed E-state index contributed by atoms with van der Waals surface area (Å²) in [7, 11) is -3.87. The van der Waals surface area contributed by atoms with Crippen LogP contribution in [0.25, 0.3) is 0 Å². The molecule has 0 bridgehead atoms. The zero-order valence-electron chi connectivity index (χ0n) is 20.9. The quantitative estimate of drug-likeness (QED) is 0.547. The molecule has 5 rings (SSSR count). The summed E-state index contributed by atoms with van der Waals surface area (Å²) in [6.45, 7) is 11.4. The van der Waals surface area contributed by atoms with Crippen LogP contribution in [0.4, 0.5) is 11.5 Å². The molecular formula is C26H32N6O3S. The monoisotopic (exact) mass is 508 g/mol. The molecule has 0 saturated carbocycles. The molecule has 2 aromatic carbocycles. The lowest BCUT2D eigenvalue weighted by molar-refractivity contribution is 0.102. The Bertz CT molecular complexity index is 1350. The molecule has 1 saturated heterocycles. The summed E-state index contributed by atoms with van der Waals surface area (Å²) < 4.78 is 27.4. The molecule has 1 amide bonds. The van der Waals surface area contributed by atoms with Gasteiger partial charge in [-0.2, -0.15) is 12.5 Å². The minimum atomic E-state index is -3.87. The van der Waals surface area contributed by atoms with E-state index in [1.807, 2.05) is 12.1 Å². The number of carbonyl (C=O) groups is 1. The van der Waals surface area contributed by atoms with Crippen LogP contribution in [0.1, 0.15) is 42.4 Å². The first kappa shape index (κ1) is 24.5. The van der Waals surface area contributed by atoms with Crippen molar-refractivity contribution in [2.45, 2.75) is 44.3 Å². The summed E-state index contributed by atoms with van der Waals surface area (Å²) in [6.07, 6.45) is 0. The van der Waals surface area contributed by atoms with Crippen molar-refractivity contribution >= 4 is 27.4 Å². The molecule has 0 atom stereocenters. The number of benzene rings is 2. The van der Waals surface area contributed by atoms with Gasteiger partial charge in [-0.05, 0) is 57.2 Å². The largest absolute Gasteiger partial charge is 0.369 e. The third kappa shape index (κ3) is 4.63. The summed E-state index contributed by atoms with van der Waals surface area (Å²) in [6, 6.07) is 15.7. The number of aromatic nitrogens is 2. The van der Waals surface area contributed by atoms with Gasteiger partial charge in [0.1, 0.15) is 0 Å². The maximum atomic E-state index is 13.2. The van der Waals surface area contributed by atoms with E-state index in [0.29, 0.717) is 29.9 Å². The van der Waals surface area contributed by atoms with Gasteiger partial charge in [-0.25, -0.2) is 0 Å². The first-order chi connectivity index (χ1) is 17.1. The molecule has 36 heavy (non-hydrogen) atoms. The van der Waals surface area contributed by atoms with Gasteiger partial charge < -0.3 is 15.5 Å². The summed E-state index contributed by atoms with van der Waals surface area (Å²) in [5.74, 6) is -0.0579. The van der Waals surface area contributed by atoms with Crippen LogP contribution in [-0.2, 0) is 23.1 Å². The van der Waals surface area contributed by atoms with Gasteiger partial charge >= 0.3 is 0 Å².